The van der Waals surface area contributed by atoms with Gasteiger partial charge in [0.15, 0.2) is 0 Å². The van der Waals surface area contributed by atoms with Gasteiger partial charge in [0, 0.05) is 5.56 Å². The maximum Gasteiger partial charge on any atom is 0.311 e. The van der Waals surface area contributed by atoms with Gasteiger partial charge in [0.2, 0.25) is 0 Å². The highest BCUT2D eigenvalue weighted by molar-refractivity contribution is 5.97. The molecule has 0 bridgehead atoms. The lowest BCUT2D eigenvalue weighted by atomic mass is 9.81. The number of hydrogen-bond donors (Lipinski definition) is 2. The van der Waals surface area contributed by atoms with Crippen LogP contribution in [-0.4, -0.2) is 17.0 Å². The molecule has 1 amide bonds. The van der Waals surface area contributed by atoms with E-state index in [9.17, 15) is 9.59 Å². The number of hydrogen-bond acceptors (Lipinski definition) is 3. The Morgan fingerprint density at radius 2 is 1.96 bits per heavy atom. The van der Waals surface area contributed by atoms with Crippen LogP contribution < -0.4 is 5.32 Å². The predicted octanol–water partition coefficient (Wildman–Crippen LogP) is 3.58. The first-order chi connectivity index (χ1) is 11.5. The first-order valence-electron chi connectivity index (χ1n) is 8.15. The molecule has 2 aromatic rings. The maximum atomic E-state index is 12.7. The largest absolute Gasteiger partial charge is 0.481 e. The predicted molar refractivity (Wildman–Crippen MR) is 89.1 cm³/mol. The van der Waals surface area contributed by atoms with E-state index in [1.807, 2.05) is 12.1 Å². The molecule has 1 heterocycles. The molecule has 1 aliphatic carbocycles. The van der Waals surface area contributed by atoms with Gasteiger partial charge in [-0.1, -0.05) is 31.2 Å². The minimum atomic E-state index is -1.02. The van der Waals surface area contributed by atoms with Crippen molar-refractivity contribution in [3.05, 3.63) is 58.5 Å². The van der Waals surface area contributed by atoms with Crippen molar-refractivity contribution in [2.75, 3.05) is 0 Å². The fourth-order valence-electron chi connectivity index (χ4n) is 3.46. The molecule has 0 saturated carbocycles. The summed E-state index contributed by atoms with van der Waals surface area (Å²) in [6, 6.07) is 8.10. The Labute approximate surface area is 140 Å². The Balaban J connectivity index is 1.85. The minimum absolute atomic E-state index is 0.0584. The van der Waals surface area contributed by atoms with Crippen LogP contribution in [0.5, 0.6) is 0 Å². The molecule has 1 aromatic carbocycles. The molecule has 0 spiro atoms. The van der Waals surface area contributed by atoms with E-state index in [4.69, 9.17) is 9.52 Å². The van der Waals surface area contributed by atoms with Crippen LogP contribution in [0.2, 0.25) is 0 Å². The fourth-order valence-corrected chi connectivity index (χ4v) is 3.46. The first kappa shape index (κ1) is 16.3. The number of benzene rings is 1. The number of amides is 1. The summed E-state index contributed by atoms with van der Waals surface area (Å²) >= 11 is 0. The van der Waals surface area contributed by atoms with E-state index in [0.29, 0.717) is 17.0 Å². The zero-order chi connectivity index (χ0) is 17.3. The third-order valence-electron chi connectivity index (χ3n) is 4.69. The second-order valence-electron chi connectivity index (χ2n) is 6.42. The van der Waals surface area contributed by atoms with E-state index in [1.165, 1.54) is 11.8 Å². The number of carbonyl (C=O) groups is 2. The average Bonchev–Trinajstić information content (AvgIpc) is 2.90. The summed E-state index contributed by atoms with van der Waals surface area (Å²) < 4.78 is 5.26. The normalized spacial score (nSPS) is 19.6. The van der Waals surface area contributed by atoms with E-state index in [-0.39, 0.29) is 24.1 Å². The Kier molecular flexibility index (Phi) is 4.42. The summed E-state index contributed by atoms with van der Waals surface area (Å²) in [6.45, 7) is 3.95. The van der Waals surface area contributed by atoms with E-state index in [2.05, 4.69) is 24.4 Å². The summed E-state index contributed by atoms with van der Waals surface area (Å²) in [5, 5.41) is 12.0. The van der Waals surface area contributed by atoms with Gasteiger partial charge in [0.05, 0.1) is 17.9 Å². The summed E-state index contributed by atoms with van der Waals surface area (Å²) in [7, 11) is 0. The van der Waals surface area contributed by atoms with Crippen LogP contribution in [0.3, 0.4) is 0 Å². The summed E-state index contributed by atoms with van der Waals surface area (Å²) in [5.74, 6) is -0.607. The molecule has 2 atom stereocenters. The highest BCUT2D eigenvalue weighted by atomic mass is 16.4. The molecule has 0 aliphatic heterocycles. The monoisotopic (exact) mass is 327 g/mol. The van der Waals surface area contributed by atoms with Gasteiger partial charge in [-0.3, -0.25) is 9.59 Å². The number of fused-ring (bicyclic) bond motifs is 1. The lowest BCUT2D eigenvalue weighted by molar-refractivity contribution is -0.136. The van der Waals surface area contributed by atoms with Gasteiger partial charge in [0.25, 0.3) is 5.91 Å². The lowest BCUT2D eigenvalue weighted by Gasteiger charge is -2.30. The van der Waals surface area contributed by atoms with Crippen LogP contribution in [0.15, 0.2) is 34.9 Å². The molecule has 1 aliphatic rings. The Bertz CT molecular complexity index is 777. The van der Waals surface area contributed by atoms with Gasteiger partial charge >= 0.3 is 5.97 Å². The summed E-state index contributed by atoms with van der Waals surface area (Å²) in [5.41, 5.74) is 3.41. The molecule has 24 heavy (non-hydrogen) atoms. The molecule has 5 heteroatoms. The second-order valence-corrected chi connectivity index (χ2v) is 6.42. The molecule has 1 aromatic heterocycles. The van der Waals surface area contributed by atoms with Crippen molar-refractivity contribution in [3.8, 4) is 0 Å². The van der Waals surface area contributed by atoms with Crippen molar-refractivity contribution >= 4 is 11.9 Å². The highest BCUT2D eigenvalue weighted by Crippen LogP contribution is 2.37. The molecule has 0 fully saturated rings. The zero-order valence-corrected chi connectivity index (χ0v) is 13.8. The van der Waals surface area contributed by atoms with E-state index < -0.39 is 5.97 Å². The van der Waals surface area contributed by atoms with Crippen LogP contribution >= 0.6 is 0 Å². The van der Waals surface area contributed by atoms with Crippen molar-refractivity contribution in [2.45, 2.75) is 45.1 Å². The number of rotatable bonds is 4. The Hall–Kier alpha value is -2.56. The van der Waals surface area contributed by atoms with Crippen molar-refractivity contribution in [1.82, 2.24) is 5.32 Å². The quantitative estimate of drug-likeness (QED) is 0.899. The number of carbonyl (C=O) groups excluding carboxylic acids is 1. The average molecular weight is 327 g/mol. The molecular weight excluding hydrogens is 306 g/mol. The molecule has 3 rings (SSSR count). The fraction of sp³-hybridized carbons (Fsp3) is 0.368. The zero-order valence-electron chi connectivity index (χ0n) is 13.8. The summed E-state index contributed by atoms with van der Waals surface area (Å²) in [4.78, 5) is 23.7. The lowest BCUT2D eigenvalue weighted by Crippen LogP contribution is -2.32. The van der Waals surface area contributed by atoms with Gasteiger partial charge in [-0.25, -0.2) is 0 Å². The van der Waals surface area contributed by atoms with Gasteiger partial charge in [-0.05, 0) is 36.8 Å². The molecule has 5 nitrogen and oxygen atoms in total. The van der Waals surface area contributed by atoms with Crippen LogP contribution in [0.1, 0.15) is 64.5 Å². The third kappa shape index (κ3) is 3.07. The van der Waals surface area contributed by atoms with Crippen molar-refractivity contribution in [1.29, 1.82) is 0 Å². The standard InChI is InChI=1S/C19H21NO4/c1-11-7-8-15(14-6-4-3-5-13(11)14)20-19(23)18-12(2)10-24-16(18)9-17(21)22/h3-6,10-11,15H,7-9H2,1-2H3,(H,20,23)(H,21,22). The number of furan rings is 1. The number of carboxylic acids is 1. The molecule has 0 saturated heterocycles. The molecule has 0 radical (unpaired) electrons. The SMILES string of the molecule is Cc1coc(CC(=O)O)c1C(=O)NC1CCC(C)c2ccccc21. The highest BCUT2D eigenvalue weighted by Gasteiger charge is 2.28. The number of aryl methyl sites for hydroxylation is 1. The van der Waals surface area contributed by atoms with Crippen molar-refractivity contribution < 1.29 is 19.1 Å². The van der Waals surface area contributed by atoms with Crippen molar-refractivity contribution in [3.63, 3.8) is 0 Å². The molecular formula is C19H21NO4. The van der Waals surface area contributed by atoms with Crippen LogP contribution in [0, 0.1) is 6.92 Å². The Morgan fingerprint density at radius 1 is 1.25 bits per heavy atom. The van der Waals surface area contributed by atoms with Gasteiger partial charge in [-0.2, -0.15) is 0 Å². The number of carboxylic acid groups (broad SMARTS) is 1. The minimum Gasteiger partial charge on any atom is -0.481 e. The third-order valence-corrected chi connectivity index (χ3v) is 4.69. The maximum absolute atomic E-state index is 12.7. The van der Waals surface area contributed by atoms with Crippen molar-refractivity contribution in [2.24, 2.45) is 0 Å². The van der Waals surface area contributed by atoms with Gasteiger partial charge < -0.3 is 14.8 Å². The van der Waals surface area contributed by atoms with Crippen LogP contribution in [-0.2, 0) is 11.2 Å². The van der Waals surface area contributed by atoms with Crippen LogP contribution in [0.4, 0.5) is 0 Å². The van der Waals surface area contributed by atoms with E-state index in [1.54, 1.807) is 6.92 Å². The summed E-state index contributed by atoms with van der Waals surface area (Å²) in [6.07, 6.45) is 3.02. The molecule has 2 unspecified atom stereocenters. The first-order valence-corrected chi connectivity index (χ1v) is 8.15. The molecule has 126 valence electrons. The van der Waals surface area contributed by atoms with Gasteiger partial charge in [-0.15, -0.1) is 0 Å². The Morgan fingerprint density at radius 3 is 2.67 bits per heavy atom. The number of aliphatic carboxylic acids is 1. The second kappa shape index (κ2) is 6.51. The smallest absolute Gasteiger partial charge is 0.311 e. The molecule has 2 N–H and O–H groups in total. The van der Waals surface area contributed by atoms with E-state index in [0.717, 1.165) is 18.4 Å². The number of nitrogens with one attached hydrogen (secondary N) is 1. The van der Waals surface area contributed by atoms with Crippen LogP contribution in [0.25, 0.3) is 0 Å². The topological polar surface area (TPSA) is 79.5 Å². The van der Waals surface area contributed by atoms with Gasteiger partial charge in [0.1, 0.15) is 12.2 Å². The van der Waals surface area contributed by atoms with E-state index >= 15 is 0 Å².